The molecule has 0 aliphatic heterocycles. The van der Waals surface area contributed by atoms with Crippen LogP contribution in [0.5, 0.6) is 5.75 Å². The Morgan fingerprint density at radius 2 is 2.13 bits per heavy atom. The third-order valence-electron chi connectivity index (χ3n) is 3.21. The van der Waals surface area contributed by atoms with Gasteiger partial charge in [0.15, 0.2) is 0 Å². The molecule has 3 heteroatoms. The van der Waals surface area contributed by atoms with Crippen LogP contribution in [0.25, 0.3) is 0 Å². The Hall–Kier alpha value is -1.01. The molecule has 2 rings (SSSR count). The molecule has 0 unspecified atom stereocenters. The Morgan fingerprint density at radius 1 is 1.47 bits per heavy atom. The van der Waals surface area contributed by atoms with Crippen molar-refractivity contribution < 1.29 is 5.11 Å². The van der Waals surface area contributed by atoms with Crippen molar-refractivity contribution in [2.45, 2.75) is 31.6 Å². The number of rotatable bonds is 1. The highest BCUT2D eigenvalue weighted by atomic mass is 79.9. The van der Waals surface area contributed by atoms with Crippen molar-refractivity contribution in [1.82, 2.24) is 0 Å². The SMILES string of the molecule is Cc1cc(C2(C#N)CCC2)cc(O)c1Br. The van der Waals surface area contributed by atoms with Crippen molar-refractivity contribution in [3.8, 4) is 11.8 Å². The molecule has 0 spiro atoms. The zero-order chi connectivity index (χ0) is 11.1. The van der Waals surface area contributed by atoms with Gasteiger partial charge in [0.2, 0.25) is 0 Å². The molecule has 2 nitrogen and oxygen atoms in total. The van der Waals surface area contributed by atoms with Gasteiger partial charge in [-0.15, -0.1) is 0 Å². The molecule has 1 aromatic rings. The van der Waals surface area contributed by atoms with Gasteiger partial charge in [0.05, 0.1) is 16.0 Å². The molecular formula is C12H12BrNO. The van der Waals surface area contributed by atoms with Gasteiger partial charge < -0.3 is 5.11 Å². The van der Waals surface area contributed by atoms with Crippen LogP contribution in [-0.4, -0.2) is 5.11 Å². The van der Waals surface area contributed by atoms with Gasteiger partial charge in [0.1, 0.15) is 5.75 Å². The fraction of sp³-hybridized carbons (Fsp3) is 0.417. The molecule has 0 aromatic heterocycles. The van der Waals surface area contributed by atoms with Crippen LogP contribution in [-0.2, 0) is 5.41 Å². The highest BCUT2D eigenvalue weighted by Gasteiger charge is 2.39. The van der Waals surface area contributed by atoms with E-state index in [0.29, 0.717) is 0 Å². The number of nitriles is 1. The standard InChI is InChI=1S/C12H12BrNO/c1-8-5-9(6-10(15)11(8)13)12(7-14)3-2-4-12/h5-6,15H,2-4H2,1H3. The summed E-state index contributed by atoms with van der Waals surface area (Å²) >= 11 is 3.31. The fourth-order valence-corrected chi connectivity index (χ4v) is 2.25. The lowest BCUT2D eigenvalue weighted by Crippen LogP contribution is -2.32. The van der Waals surface area contributed by atoms with Gasteiger partial charge in [-0.05, 0) is 59.3 Å². The summed E-state index contributed by atoms with van der Waals surface area (Å²) in [4.78, 5) is 0. The molecule has 78 valence electrons. The van der Waals surface area contributed by atoms with E-state index in [1.807, 2.05) is 13.0 Å². The van der Waals surface area contributed by atoms with E-state index in [9.17, 15) is 10.4 Å². The van der Waals surface area contributed by atoms with Gasteiger partial charge in [-0.2, -0.15) is 5.26 Å². The van der Waals surface area contributed by atoms with E-state index in [2.05, 4.69) is 22.0 Å². The monoisotopic (exact) mass is 265 g/mol. The number of halogens is 1. The molecule has 1 fully saturated rings. The normalized spacial score (nSPS) is 17.9. The highest BCUT2D eigenvalue weighted by molar-refractivity contribution is 9.10. The molecule has 0 radical (unpaired) electrons. The van der Waals surface area contributed by atoms with Gasteiger partial charge in [0, 0.05) is 0 Å². The van der Waals surface area contributed by atoms with Crippen molar-refractivity contribution in [1.29, 1.82) is 5.26 Å². The van der Waals surface area contributed by atoms with E-state index in [4.69, 9.17) is 0 Å². The first-order valence-electron chi connectivity index (χ1n) is 5.00. The van der Waals surface area contributed by atoms with Crippen LogP contribution >= 0.6 is 15.9 Å². The van der Waals surface area contributed by atoms with E-state index in [1.165, 1.54) is 0 Å². The Kier molecular flexibility index (Phi) is 2.47. The lowest BCUT2D eigenvalue weighted by Gasteiger charge is -2.36. The first-order valence-corrected chi connectivity index (χ1v) is 5.79. The topological polar surface area (TPSA) is 44.0 Å². The number of aryl methyl sites for hydroxylation is 1. The fourth-order valence-electron chi connectivity index (χ4n) is 2.02. The lowest BCUT2D eigenvalue weighted by atomic mass is 9.65. The second kappa shape index (κ2) is 3.53. The van der Waals surface area contributed by atoms with Crippen LogP contribution in [0.1, 0.15) is 30.4 Å². The third-order valence-corrected chi connectivity index (χ3v) is 4.24. The van der Waals surface area contributed by atoms with E-state index in [1.54, 1.807) is 6.07 Å². The summed E-state index contributed by atoms with van der Waals surface area (Å²) in [5.74, 6) is 0.228. The summed E-state index contributed by atoms with van der Waals surface area (Å²) in [6, 6.07) is 6.08. The van der Waals surface area contributed by atoms with Gasteiger partial charge in [-0.3, -0.25) is 0 Å². The van der Waals surface area contributed by atoms with Gasteiger partial charge in [-0.1, -0.05) is 6.07 Å². The van der Waals surface area contributed by atoms with E-state index >= 15 is 0 Å². The zero-order valence-electron chi connectivity index (χ0n) is 8.55. The quantitative estimate of drug-likeness (QED) is 0.846. The molecule has 1 aliphatic rings. The Balaban J connectivity index is 2.51. The molecule has 0 atom stereocenters. The Labute approximate surface area is 97.7 Å². The van der Waals surface area contributed by atoms with Gasteiger partial charge in [-0.25, -0.2) is 0 Å². The van der Waals surface area contributed by atoms with Crippen LogP contribution in [0.15, 0.2) is 16.6 Å². The van der Waals surface area contributed by atoms with Crippen molar-refractivity contribution in [2.75, 3.05) is 0 Å². The van der Waals surface area contributed by atoms with Gasteiger partial charge in [0.25, 0.3) is 0 Å². The Morgan fingerprint density at radius 3 is 2.53 bits per heavy atom. The summed E-state index contributed by atoms with van der Waals surface area (Å²) in [6.07, 6.45) is 2.91. The number of nitrogens with zero attached hydrogens (tertiary/aromatic N) is 1. The molecule has 1 aromatic carbocycles. The second-order valence-electron chi connectivity index (χ2n) is 4.17. The minimum Gasteiger partial charge on any atom is -0.507 e. The van der Waals surface area contributed by atoms with Crippen LogP contribution in [0.2, 0.25) is 0 Å². The van der Waals surface area contributed by atoms with Crippen molar-refractivity contribution in [3.05, 3.63) is 27.7 Å². The molecule has 0 saturated heterocycles. The predicted octanol–water partition coefficient (Wildman–Crippen LogP) is 3.41. The second-order valence-corrected chi connectivity index (χ2v) is 4.97. The number of aromatic hydroxyl groups is 1. The van der Waals surface area contributed by atoms with Crippen LogP contribution in [0.3, 0.4) is 0 Å². The highest BCUT2D eigenvalue weighted by Crippen LogP contribution is 2.45. The maximum absolute atomic E-state index is 9.70. The molecule has 0 heterocycles. The van der Waals surface area contributed by atoms with E-state index < -0.39 is 0 Å². The van der Waals surface area contributed by atoms with E-state index in [-0.39, 0.29) is 11.2 Å². The Bertz CT molecular complexity index is 420. The summed E-state index contributed by atoms with van der Waals surface area (Å²) in [6.45, 7) is 1.93. The van der Waals surface area contributed by atoms with Crippen LogP contribution < -0.4 is 0 Å². The largest absolute Gasteiger partial charge is 0.507 e. The molecule has 0 bridgehead atoms. The summed E-state index contributed by atoms with van der Waals surface area (Å²) < 4.78 is 0.721. The number of phenols is 1. The average Bonchev–Trinajstić information content (AvgIpc) is 2.13. The van der Waals surface area contributed by atoms with Gasteiger partial charge >= 0.3 is 0 Å². The number of hydrogen-bond donors (Lipinski definition) is 1. The zero-order valence-corrected chi connectivity index (χ0v) is 10.1. The number of phenolic OH excluding ortho intramolecular Hbond substituents is 1. The maximum Gasteiger partial charge on any atom is 0.130 e. The minimum atomic E-state index is -0.344. The molecule has 1 N–H and O–H groups in total. The number of hydrogen-bond acceptors (Lipinski definition) is 2. The van der Waals surface area contributed by atoms with Crippen LogP contribution in [0, 0.1) is 18.3 Å². The predicted molar refractivity (Wildman–Crippen MR) is 61.7 cm³/mol. The minimum absolute atomic E-state index is 0.228. The maximum atomic E-state index is 9.70. The first kappa shape index (κ1) is 10.5. The molecule has 0 amide bonds. The lowest BCUT2D eigenvalue weighted by molar-refractivity contribution is 0.322. The molecule has 15 heavy (non-hydrogen) atoms. The third kappa shape index (κ3) is 1.53. The molecular weight excluding hydrogens is 254 g/mol. The van der Waals surface area contributed by atoms with Crippen LogP contribution in [0.4, 0.5) is 0 Å². The number of benzene rings is 1. The molecule has 1 saturated carbocycles. The van der Waals surface area contributed by atoms with Crippen molar-refractivity contribution in [3.63, 3.8) is 0 Å². The summed E-state index contributed by atoms with van der Waals surface area (Å²) in [5, 5.41) is 18.9. The first-order chi connectivity index (χ1) is 7.09. The summed E-state index contributed by atoms with van der Waals surface area (Å²) in [7, 11) is 0. The molecule has 1 aliphatic carbocycles. The van der Waals surface area contributed by atoms with E-state index in [0.717, 1.165) is 34.9 Å². The van der Waals surface area contributed by atoms with Crippen molar-refractivity contribution >= 4 is 15.9 Å². The smallest absolute Gasteiger partial charge is 0.130 e. The van der Waals surface area contributed by atoms with Crippen molar-refractivity contribution in [2.24, 2.45) is 0 Å². The average molecular weight is 266 g/mol. The summed E-state index contributed by atoms with van der Waals surface area (Å²) in [5.41, 5.74) is 1.59.